The Labute approximate surface area is 147 Å². The molecule has 7 nitrogen and oxygen atoms in total. The molecule has 7 heteroatoms. The number of nitrogens with zero attached hydrogens (tertiary/aromatic N) is 2. The summed E-state index contributed by atoms with van der Waals surface area (Å²) in [6, 6.07) is 9.52. The number of hydrogen-bond acceptors (Lipinski definition) is 4. The predicted molar refractivity (Wildman–Crippen MR) is 94.5 cm³/mol. The van der Waals surface area contributed by atoms with Crippen molar-refractivity contribution in [1.82, 2.24) is 20.4 Å². The summed E-state index contributed by atoms with van der Waals surface area (Å²) in [6.07, 6.45) is 1.09. The Balaban J connectivity index is 2.14. The van der Waals surface area contributed by atoms with Gasteiger partial charge in [0.2, 0.25) is 5.91 Å². The zero-order valence-corrected chi connectivity index (χ0v) is 15.2. The number of hydrogen-bond donors (Lipinski definition) is 2. The smallest absolute Gasteiger partial charge is 0.407 e. The minimum absolute atomic E-state index is 0.260. The first kappa shape index (κ1) is 18.5. The molecule has 0 saturated carbocycles. The summed E-state index contributed by atoms with van der Waals surface area (Å²) in [5.41, 5.74) is 1.71. The lowest BCUT2D eigenvalue weighted by molar-refractivity contribution is -0.126. The average Bonchev–Trinajstić information content (AvgIpc) is 2.96. The van der Waals surface area contributed by atoms with Crippen LogP contribution in [0.2, 0.25) is 0 Å². The van der Waals surface area contributed by atoms with Crippen molar-refractivity contribution in [2.75, 3.05) is 7.11 Å². The molecule has 0 aliphatic heterocycles. The molecule has 0 unspecified atom stereocenters. The van der Waals surface area contributed by atoms with Crippen LogP contribution in [-0.2, 0) is 9.53 Å². The fourth-order valence-electron chi connectivity index (χ4n) is 2.49. The van der Waals surface area contributed by atoms with Crippen molar-refractivity contribution < 1.29 is 14.3 Å². The first-order valence-electron chi connectivity index (χ1n) is 8.03. The Morgan fingerprint density at radius 3 is 2.48 bits per heavy atom. The highest BCUT2D eigenvalue weighted by Crippen LogP contribution is 2.20. The van der Waals surface area contributed by atoms with E-state index >= 15 is 0 Å². The Bertz CT molecular complexity index is 753. The van der Waals surface area contributed by atoms with E-state index in [0.29, 0.717) is 0 Å². The molecule has 2 aromatic rings. The predicted octanol–water partition coefficient (Wildman–Crippen LogP) is 2.49. The van der Waals surface area contributed by atoms with Gasteiger partial charge in [0, 0.05) is 11.3 Å². The van der Waals surface area contributed by atoms with Crippen LogP contribution in [0, 0.1) is 6.92 Å². The molecule has 2 amide bonds. The van der Waals surface area contributed by atoms with Crippen LogP contribution in [0.15, 0.2) is 36.5 Å². The van der Waals surface area contributed by atoms with Gasteiger partial charge in [-0.05, 0) is 39.8 Å². The second-order valence-electron chi connectivity index (χ2n) is 6.37. The number of aromatic nitrogens is 2. The fourth-order valence-corrected chi connectivity index (χ4v) is 2.49. The van der Waals surface area contributed by atoms with E-state index in [2.05, 4.69) is 20.5 Å². The van der Waals surface area contributed by atoms with Crippen LogP contribution in [0.25, 0.3) is 5.69 Å². The van der Waals surface area contributed by atoms with Gasteiger partial charge in [0.15, 0.2) is 0 Å². The van der Waals surface area contributed by atoms with Crippen molar-refractivity contribution >= 4 is 12.0 Å². The first-order valence-corrected chi connectivity index (χ1v) is 8.03. The standard InChI is InChI=1S/C18H24N4O3/c1-12(20-16(23)18(3,4)21-17(24)25-5)15-11-19-22(13(15)2)14-9-7-6-8-10-14/h6-12H,1-5H3,(H,20,23)(H,21,24)/t12-/m0/s1. The van der Waals surface area contributed by atoms with Gasteiger partial charge >= 0.3 is 6.09 Å². The molecule has 1 aromatic carbocycles. The summed E-state index contributed by atoms with van der Waals surface area (Å²) < 4.78 is 6.38. The zero-order valence-electron chi connectivity index (χ0n) is 15.2. The molecule has 1 atom stereocenters. The van der Waals surface area contributed by atoms with E-state index in [1.54, 1.807) is 20.0 Å². The molecular formula is C18H24N4O3. The first-order chi connectivity index (χ1) is 11.8. The number of ether oxygens (including phenoxy) is 1. The van der Waals surface area contributed by atoms with E-state index in [9.17, 15) is 9.59 Å². The normalized spacial score (nSPS) is 12.4. The number of carbonyl (C=O) groups excluding carboxylic acids is 2. The SMILES string of the molecule is COC(=O)NC(C)(C)C(=O)N[C@@H](C)c1cnn(-c2ccccc2)c1C. The molecule has 0 bridgehead atoms. The molecule has 134 valence electrons. The summed E-state index contributed by atoms with van der Waals surface area (Å²) in [5, 5.41) is 9.84. The molecule has 1 aromatic heterocycles. The summed E-state index contributed by atoms with van der Waals surface area (Å²) in [7, 11) is 1.26. The maximum Gasteiger partial charge on any atom is 0.407 e. The van der Waals surface area contributed by atoms with Gasteiger partial charge in [0.05, 0.1) is 25.0 Å². The minimum atomic E-state index is -1.09. The highest BCUT2D eigenvalue weighted by molar-refractivity contribution is 5.89. The van der Waals surface area contributed by atoms with Crippen molar-refractivity contribution in [1.29, 1.82) is 0 Å². The number of amides is 2. The van der Waals surface area contributed by atoms with E-state index in [0.717, 1.165) is 16.9 Å². The van der Waals surface area contributed by atoms with Crippen LogP contribution in [0.3, 0.4) is 0 Å². The van der Waals surface area contributed by atoms with Gasteiger partial charge < -0.3 is 15.4 Å². The van der Waals surface area contributed by atoms with E-state index in [-0.39, 0.29) is 11.9 Å². The van der Waals surface area contributed by atoms with Gasteiger partial charge in [0.1, 0.15) is 5.54 Å². The van der Waals surface area contributed by atoms with E-state index in [1.165, 1.54) is 7.11 Å². The van der Waals surface area contributed by atoms with Gasteiger partial charge in [-0.25, -0.2) is 9.48 Å². The van der Waals surface area contributed by atoms with Gasteiger partial charge in [-0.1, -0.05) is 18.2 Å². The Kier molecular flexibility index (Phi) is 5.46. The van der Waals surface area contributed by atoms with Crippen LogP contribution in [0.5, 0.6) is 0 Å². The van der Waals surface area contributed by atoms with Crippen molar-refractivity contribution in [3.63, 3.8) is 0 Å². The third-order valence-corrected chi connectivity index (χ3v) is 4.03. The number of methoxy groups -OCH3 is 1. The van der Waals surface area contributed by atoms with Crippen molar-refractivity contribution in [3.05, 3.63) is 47.8 Å². The fraction of sp³-hybridized carbons (Fsp3) is 0.389. The summed E-state index contributed by atoms with van der Waals surface area (Å²) in [6.45, 7) is 7.07. The molecule has 2 rings (SSSR count). The number of rotatable bonds is 5. The number of carbonyl (C=O) groups is 2. The molecular weight excluding hydrogens is 320 g/mol. The lowest BCUT2D eigenvalue weighted by Gasteiger charge is -2.26. The maximum atomic E-state index is 12.5. The molecule has 0 saturated heterocycles. The molecule has 0 radical (unpaired) electrons. The van der Waals surface area contributed by atoms with Crippen molar-refractivity contribution in [2.24, 2.45) is 0 Å². The van der Waals surface area contributed by atoms with Gasteiger partial charge in [-0.2, -0.15) is 5.10 Å². The molecule has 0 spiro atoms. The minimum Gasteiger partial charge on any atom is -0.453 e. The van der Waals surface area contributed by atoms with Crippen molar-refractivity contribution in [3.8, 4) is 5.69 Å². The molecule has 0 aliphatic rings. The number of benzene rings is 1. The largest absolute Gasteiger partial charge is 0.453 e. The zero-order chi connectivity index (χ0) is 18.6. The van der Waals surface area contributed by atoms with Gasteiger partial charge in [-0.3, -0.25) is 4.79 Å². The Hall–Kier alpha value is -2.83. The number of nitrogens with one attached hydrogen (secondary N) is 2. The number of para-hydroxylation sites is 1. The van der Waals surface area contributed by atoms with E-state index in [1.807, 2.05) is 48.9 Å². The number of alkyl carbamates (subject to hydrolysis) is 1. The third-order valence-electron chi connectivity index (χ3n) is 4.03. The average molecular weight is 344 g/mol. The van der Waals surface area contributed by atoms with Crippen LogP contribution in [-0.4, -0.2) is 34.4 Å². The maximum absolute atomic E-state index is 12.5. The van der Waals surface area contributed by atoms with E-state index < -0.39 is 11.6 Å². The summed E-state index contributed by atoms with van der Waals surface area (Å²) >= 11 is 0. The topological polar surface area (TPSA) is 85.2 Å². The molecule has 0 fully saturated rings. The van der Waals surface area contributed by atoms with Gasteiger partial charge in [0.25, 0.3) is 0 Å². The van der Waals surface area contributed by atoms with Crippen LogP contribution in [0.1, 0.15) is 38.1 Å². The monoisotopic (exact) mass is 344 g/mol. The molecule has 0 aliphatic carbocycles. The quantitative estimate of drug-likeness (QED) is 0.873. The molecule has 1 heterocycles. The van der Waals surface area contributed by atoms with Crippen LogP contribution < -0.4 is 10.6 Å². The Morgan fingerprint density at radius 2 is 1.88 bits per heavy atom. The highest BCUT2D eigenvalue weighted by Gasteiger charge is 2.31. The van der Waals surface area contributed by atoms with Crippen LogP contribution >= 0.6 is 0 Å². The van der Waals surface area contributed by atoms with Crippen molar-refractivity contribution in [2.45, 2.75) is 39.3 Å². The van der Waals surface area contributed by atoms with Gasteiger partial charge in [-0.15, -0.1) is 0 Å². The highest BCUT2D eigenvalue weighted by atomic mass is 16.5. The summed E-state index contributed by atoms with van der Waals surface area (Å²) in [4.78, 5) is 23.9. The molecule has 2 N–H and O–H groups in total. The molecule has 25 heavy (non-hydrogen) atoms. The Morgan fingerprint density at radius 1 is 1.24 bits per heavy atom. The lowest BCUT2D eigenvalue weighted by Crippen LogP contribution is -2.55. The summed E-state index contributed by atoms with van der Waals surface area (Å²) in [5.74, 6) is -0.308. The van der Waals surface area contributed by atoms with E-state index in [4.69, 9.17) is 0 Å². The third kappa shape index (κ3) is 4.17. The van der Waals surface area contributed by atoms with Crippen LogP contribution in [0.4, 0.5) is 4.79 Å². The second kappa shape index (κ2) is 7.38. The lowest BCUT2D eigenvalue weighted by atomic mass is 10.0. The second-order valence-corrected chi connectivity index (χ2v) is 6.37.